The lowest BCUT2D eigenvalue weighted by atomic mass is 10.1. The highest BCUT2D eigenvalue weighted by Gasteiger charge is 2.28. The monoisotopic (exact) mass is 452 g/mol. The molecule has 0 fully saturated rings. The summed E-state index contributed by atoms with van der Waals surface area (Å²) in [5.74, 6) is 0.486. The van der Waals surface area contributed by atoms with Crippen LogP contribution in [0.25, 0.3) is 0 Å². The van der Waals surface area contributed by atoms with Crippen LogP contribution < -0.4 is 14.8 Å². The van der Waals surface area contributed by atoms with Crippen molar-refractivity contribution in [3.05, 3.63) is 58.1 Å². The largest absolute Gasteiger partial charge is 0.497 e. The van der Waals surface area contributed by atoms with Crippen molar-refractivity contribution in [1.29, 1.82) is 0 Å². The van der Waals surface area contributed by atoms with E-state index in [1.807, 2.05) is 38.1 Å². The first-order valence-corrected chi connectivity index (χ1v) is 10.4. The van der Waals surface area contributed by atoms with E-state index in [0.717, 1.165) is 5.56 Å². The van der Waals surface area contributed by atoms with E-state index in [9.17, 15) is 9.59 Å². The highest BCUT2D eigenvalue weighted by atomic mass is 35.5. The van der Waals surface area contributed by atoms with E-state index >= 15 is 0 Å². The molecule has 30 heavy (non-hydrogen) atoms. The fourth-order valence-electron chi connectivity index (χ4n) is 2.99. The molecular weight excluding hydrogens is 427 g/mol. The van der Waals surface area contributed by atoms with Gasteiger partial charge in [0.05, 0.1) is 12.1 Å². The van der Waals surface area contributed by atoms with Gasteiger partial charge in [-0.3, -0.25) is 9.59 Å². The lowest BCUT2D eigenvalue weighted by Gasteiger charge is -2.30. The molecule has 0 aliphatic heterocycles. The van der Waals surface area contributed by atoms with Gasteiger partial charge < -0.3 is 19.7 Å². The van der Waals surface area contributed by atoms with Gasteiger partial charge in [0.15, 0.2) is 6.61 Å². The lowest BCUT2D eigenvalue weighted by molar-refractivity contribution is -0.142. The van der Waals surface area contributed by atoms with Crippen LogP contribution in [0.15, 0.2) is 42.5 Å². The van der Waals surface area contributed by atoms with E-state index in [4.69, 9.17) is 32.7 Å². The number of hydrogen-bond acceptors (Lipinski definition) is 4. The number of carbonyl (C=O) groups is 2. The average Bonchev–Trinajstić information content (AvgIpc) is 2.73. The highest BCUT2D eigenvalue weighted by molar-refractivity contribution is 6.35. The second-order valence-electron chi connectivity index (χ2n) is 6.56. The Morgan fingerprint density at radius 3 is 2.53 bits per heavy atom. The molecule has 2 rings (SSSR count). The molecule has 162 valence electrons. The molecule has 0 aromatic heterocycles. The summed E-state index contributed by atoms with van der Waals surface area (Å²) in [6.07, 6.45) is 0.462. The van der Waals surface area contributed by atoms with Crippen LogP contribution in [-0.2, 0) is 16.1 Å². The standard InChI is InChI=1S/C22H26Cl2N2O4/c1-4-19(22(28)25-5-2)26(13-15-7-6-8-17(11-15)29-3)21(27)14-30-20-10-9-16(23)12-18(20)24/h6-12,19H,4-5,13-14H2,1-3H3,(H,25,28). The van der Waals surface area contributed by atoms with Gasteiger partial charge in [0, 0.05) is 18.1 Å². The summed E-state index contributed by atoms with van der Waals surface area (Å²) >= 11 is 12.0. The van der Waals surface area contributed by atoms with E-state index in [2.05, 4.69) is 5.32 Å². The Labute approximate surface area is 187 Å². The first-order valence-electron chi connectivity index (χ1n) is 9.67. The molecule has 0 heterocycles. The fourth-order valence-corrected chi connectivity index (χ4v) is 3.46. The Bertz CT molecular complexity index is 876. The molecule has 0 spiro atoms. The number of methoxy groups -OCH3 is 1. The predicted octanol–water partition coefficient (Wildman–Crippen LogP) is 4.32. The normalized spacial score (nSPS) is 11.5. The minimum atomic E-state index is -0.632. The topological polar surface area (TPSA) is 67.9 Å². The molecule has 1 unspecified atom stereocenters. The molecular formula is C22H26Cl2N2O4. The van der Waals surface area contributed by atoms with Crippen LogP contribution in [0.2, 0.25) is 10.0 Å². The Morgan fingerprint density at radius 1 is 1.13 bits per heavy atom. The zero-order valence-electron chi connectivity index (χ0n) is 17.3. The van der Waals surface area contributed by atoms with Gasteiger partial charge in [0.2, 0.25) is 5.91 Å². The number of amides is 2. The molecule has 2 aromatic carbocycles. The van der Waals surface area contributed by atoms with Crippen LogP contribution in [0.5, 0.6) is 11.5 Å². The van der Waals surface area contributed by atoms with Crippen molar-refractivity contribution in [3.63, 3.8) is 0 Å². The maximum Gasteiger partial charge on any atom is 0.261 e. The molecule has 1 atom stereocenters. The van der Waals surface area contributed by atoms with E-state index < -0.39 is 6.04 Å². The van der Waals surface area contributed by atoms with Crippen molar-refractivity contribution in [2.45, 2.75) is 32.9 Å². The summed E-state index contributed by atoms with van der Waals surface area (Å²) in [5.41, 5.74) is 0.843. The summed E-state index contributed by atoms with van der Waals surface area (Å²) in [6, 6.07) is 11.5. The second kappa shape index (κ2) is 11.7. The van der Waals surface area contributed by atoms with Crippen LogP contribution in [-0.4, -0.2) is 43.0 Å². The van der Waals surface area contributed by atoms with Gasteiger partial charge in [-0.15, -0.1) is 0 Å². The number of ether oxygens (including phenoxy) is 2. The minimum Gasteiger partial charge on any atom is -0.497 e. The number of benzene rings is 2. The Morgan fingerprint density at radius 2 is 1.90 bits per heavy atom. The van der Waals surface area contributed by atoms with Crippen molar-refractivity contribution in [3.8, 4) is 11.5 Å². The summed E-state index contributed by atoms with van der Waals surface area (Å²) < 4.78 is 10.9. The summed E-state index contributed by atoms with van der Waals surface area (Å²) in [4.78, 5) is 27.2. The number of nitrogens with one attached hydrogen (secondary N) is 1. The van der Waals surface area contributed by atoms with Crippen LogP contribution in [0, 0.1) is 0 Å². The maximum atomic E-state index is 13.1. The highest BCUT2D eigenvalue weighted by Crippen LogP contribution is 2.27. The number of nitrogens with zero attached hydrogens (tertiary/aromatic N) is 1. The first-order chi connectivity index (χ1) is 14.4. The van der Waals surface area contributed by atoms with Crippen LogP contribution in [0.4, 0.5) is 0 Å². The van der Waals surface area contributed by atoms with Crippen LogP contribution in [0.3, 0.4) is 0 Å². The molecule has 0 saturated carbocycles. The summed E-state index contributed by atoms with van der Waals surface area (Å²) in [6.45, 7) is 4.16. The SMILES string of the molecule is CCNC(=O)C(CC)N(Cc1cccc(OC)c1)C(=O)COc1ccc(Cl)cc1Cl. The van der Waals surface area contributed by atoms with Gasteiger partial charge in [0.1, 0.15) is 17.5 Å². The van der Waals surface area contributed by atoms with Gasteiger partial charge in [-0.05, 0) is 49.2 Å². The fraction of sp³-hybridized carbons (Fsp3) is 0.364. The molecule has 2 amide bonds. The quantitative estimate of drug-likeness (QED) is 0.582. The van der Waals surface area contributed by atoms with Crippen molar-refractivity contribution in [2.24, 2.45) is 0 Å². The molecule has 1 N–H and O–H groups in total. The number of likely N-dealkylation sites (N-methyl/N-ethyl adjacent to an activating group) is 1. The Hall–Kier alpha value is -2.44. The molecule has 0 saturated heterocycles. The van der Waals surface area contributed by atoms with Gasteiger partial charge in [-0.25, -0.2) is 0 Å². The van der Waals surface area contributed by atoms with Crippen LogP contribution in [0.1, 0.15) is 25.8 Å². The average molecular weight is 453 g/mol. The van der Waals surface area contributed by atoms with Crippen LogP contribution >= 0.6 is 23.2 Å². The van der Waals surface area contributed by atoms with Crippen molar-refractivity contribution >= 4 is 35.0 Å². The smallest absolute Gasteiger partial charge is 0.261 e. The van der Waals surface area contributed by atoms with Gasteiger partial charge >= 0.3 is 0 Å². The summed E-state index contributed by atoms with van der Waals surface area (Å²) in [7, 11) is 1.58. The third-order valence-electron chi connectivity index (χ3n) is 4.47. The molecule has 6 nitrogen and oxygen atoms in total. The van der Waals surface area contributed by atoms with E-state index in [0.29, 0.717) is 34.5 Å². The number of carbonyl (C=O) groups excluding carboxylic acids is 2. The van der Waals surface area contributed by atoms with Gasteiger partial charge in [-0.2, -0.15) is 0 Å². The number of rotatable bonds is 10. The molecule has 0 aliphatic rings. The third-order valence-corrected chi connectivity index (χ3v) is 5.00. The lowest BCUT2D eigenvalue weighted by Crippen LogP contribution is -2.50. The molecule has 0 aliphatic carbocycles. The minimum absolute atomic E-state index is 0.208. The number of hydrogen-bond donors (Lipinski definition) is 1. The zero-order chi connectivity index (χ0) is 22.1. The summed E-state index contributed by atoms with van der Waals surface area (Å²) in [5, 5.41) is 3.58. The van der Waals surface area contributed by atoms with Gasteiger partial charge in [-0.1, -0.05) is 42.3 Å². The van der Waals surface area contributed by atoms with Crippen molar-refractivity contribution in [2.75, 3.05) is 20.3 Å². The zero-order valence-corrected chi connectivity index (χ0v) is 18.8. The third kappa shape index (κ3) is 6.54. The van der Waals surface area contributed by atoms with Crippen molar-refractivity contribution in [1.82, 2.24) is 10.2 Å². The van der Waals surface area contributed by atoms with E-state index in [1.165, 1.54) is 4.90 Å². The van der Waals surface area contributed by atoms with Crippen molar-refractivity contribution < 1.29 is 19.1 Å². The predicted molar refractivity (Wildman–Crippen MR) is 118 cm³/mol. The maximum absolute atomic E-state index is 13.1. The Kier molecular flexibility index (Phi) is 9.27. The number of halogens is 2. The van der Waals surface area contributed by atoms with E-state index in [-0.39, 0.29) is 25.0 Å². The molecule has 0 bridgehead atoms. The molecule has 0 radical (unpaired) electrons. The molecule has 8 heteroatoms. The van der Waals surface area contributed by atoms with E-state index in [1.54, 1.807) is 25.3 Å². The Balaban J connectivity index is 2.23. The first kappa shape index (κ1) is 23.8. The van der Waals surface area contributed by atoms with Gasteiger partial charge in [0.25, 0.3) is 5.91 Å². The second-order valence-corrected chi connectivity index (χ2v) is 7.40. The molecule has 2 aromatic rings.